The molecule has 0 unspecified atom stereocenters. The number of nitrogens with zero attached hydrogens (tertiary/aromatic N) is 4. The molecule has 14 aromatic rings. The molecule has 104 heavy (non-hydrogen) atoms. The van der Waals surface area contributed by atoms with Crippen molar-refractivity contribution in [1.29, 1.82) is 0 Å². The lowest BCUT2D eigenvalue weighted by Crippen LogP contribution is -2.41. The summed E-state index contributed by atoms with van der Waals surface area (Å²) in [5.41, 5.74) is 8.44. The highest BCUT2D eigenvalue weighted by Gasteiger charge is 2.41. The summed E-state index contributed by atoms with van der Waals surface area (Å²) in [5.74, 6) is -0.520. The lowest BCUT2D eigenvalue weighted by atomic mass is 9.86. The van der Waals surface area contributed by atoms with E-state index in [0.29, 0.717) is 123 Å². The summed E-state index contributed by atoms with van der Waals surface area (Å²) in [6.45, 7) is 0. The number of carbonyl (C=O) groups excluding carboxylic acids is 8. The number of rotatable bonds is 12. The molecule has 18 heteroatoms. The van der Waals surface area contributed by atoms with Crippen LogP contribution in [0, 0.1) is 0 Å². The second kappa shape index (κ2) is 24.4. The molecule has 4 heterocycles. The van der Waals surface area contributed by atoms with Crippen molar-refractivity contribution >= 4 is 135 Å². The van der Waals surface area contributed by atoms with Gasteiger partial charge in [-0.25, -0.2) is 19.6 Å². The van der Waals surface area contributed by atoms with Crippen LogP contribution in [0.4, 0.5) is 22.7 Å². The van der Waals surface area contributed by atoms with E-state index >= 15 is 0 Å². The quantitative estimate of drug-likeness (QED) is 0.0824. The summed E-state index contributed by atoms with van der Waals surface area (Å²) in [6.07, 6.45) is 0. The van der Waals surface area contributed by atoms with Crippen LogP contribution in [0.5, 0.6) is 34.5 Å². The molecule has 0 N–H and O–H groups in total. The standard InChI is InChI=1S/C52H32N2O6.C34H24N2O8/c1-59-43-27-25-41-47-37(43)13-7-15-39(47)49(55)53(51(41)57)31-21-17-29(18-22-31)45-33-9-3-5-11-35(33)46(36-12-6-4-10-34(36)45)30-19-23-32(24-20-30)54-50(56)40-16-8-14-38-44(60-2)28-26-42(48(38)40)52(54)58;1-41-23-13-9-19-27-20(10-14-24(42-2)29(23)27)32(38)35(31(19)37)17-5-7-18(8-6-17)36-33(39)21-11-15-25(43-3)30-26(44-4)16-12-22(28(21)30)34(36)40/h3-28H,1-2H3;5-16H,1-4H3. The van der Waals surface area contributed by atoms with Gasteiger partial charge >= 0.3 is 0 Å². The van der Waals surface area contributed by atoms with Crippen LogP contribution in [0.15, 0.2) is 231 Å². The molecule has 0 aliphatic carbocycles. The maximum Gasteiger partial charge on any atom is 0.265 e. The molecule has 4 aliphatic rings. The predicted molar refractivity (Wildman–Crippen MR) is 398 cm³/mol. The minimum atomic E-state index is -0.523. The number of carbonyl (C=O) groups is 8. The van der Waals surface area contributed by atoms with Crippen molar-refractivity contribution in [1.82, 2.24) is 0 Å². The Morgan fingerprint density at radius 2 is 0.404 bits per heavy atom. The maximum atomic E-state index is 14.0. The van der Waals surface area contributed by atoms with Gasteiger partial charge < -0.3 is 28.4 Å². The molecule has 0 fully saturated rings. The fourth-order valence-corrected chi connectivity index (χ4v) is 15.4. The molecule has 0 saturated carbocycles. The van der Waals surface area contributed by atoms with E-state index in [1.165, 1.54) is 62.5 Å². The number of methoxy groups -OCH3 is 6. The van der Waals surface area contributed by atoms with Crippen LogP contribution in [0.1, 0.15) is 82.9 Å². The van der Waals surface area contributed by atoms with Crippen molar-refractivity contribution in [3.8, 4) is 56.8 Å². The highest BCUT2D eigenvalue weighted by atomic mass is 16.5. The van der Waals surface area contributed by atoms with Gasteiger partial charge in [0.1, 0.15) is 34.5 Å². The zero-order valence-electron chi connectivity index (χ0n) is 56.4. The Bertz CT molecular complexity index is 5610. The number of hydrogen-bond donors (Lipinski definition) is 0. The lowest BCUT2D eigenvalue weighted by molar-refractivity contribution is 0.0876. The van der Waals surface area contributed by atoms with Gasteiger partial charge in [-0.2, -0.15) is 0 Å². The average Bonchev–Trinajstić information content (AvgIpc) is 0.747. The maximum absolute atomic E-state index is 14.0. The molecule has 0 spiro atoms. The van der Waals surface area contributed by atoms with Crippen LogP contribution in [0.25, 0.3) is 86.9 Å². The fourth-order valence-electron chi connectivity index (χ4n) is 15.4. The second-order valence-electron chi connectivity index (χ2n) is 25.1. The van der Waals surface area contributed by atoms with Gasteiger partial charge in [-0.15, -0.1) is 0 Å². The van der Waals surface area contributed by atoms with Crippen molar-refractivity contribution in [2.75, 3.05) is 62.3 Å². The summed E-state index contributed by atoms with van der Waals surface area (Å²) in [4.78, 5) is 115. The first kappa shape index (κ1) is 63.4. The minimum absolute atomic E-state index is 0.281. The van der Waals surface area contributed by atoms with Crippen molar-refractivity contribution < 1.29 is 66.8 Å². The summed E-state index contributed by atoms with van der Waals surface area (Å²) in [5, 5.41) is 8.71. The minimum Gasteiger partial charge on any atom is -0.496 e. The first-order valence-corrected chi connectivity index (χ1v) is 33.1. The third-order valence-corrected chi connectivity index (χ3v) is 20.1. The van der Waals surface area contributed by atoms with Gasteiger partial charge in [-0.1, -0.05) is 97.1 Å². The fraction of sp³-hybridized carbons (Fsp3) is 0.0698. The molecule has 0 atom stereocenters. The average molecular weight is 1370 g/mol. The number of amides is 8. The number of benzene rings is 14. The predicted octanol–water partition coefficient (Wildman–Crippen LogP) is 16.9. The summed E-state index contributed by atoms with van der Waals surface area (Å²) >= 11 is 0. The van der Waals surface area contributed by atoms with Crippen molar-refractivity contribution in [2.45, 2.75) is 0 Å². The van der Waals surface area contributed by atoms with Crippen LogP contribution in [-0.2, 0) is 0 Å². The molecular weight excluding hydrogens is 1310 g/mol. The topological polar surface area (TPSA) is 205 Å². The number of anilines is 4. The number of ether oxygens (including phenoxy) is 6. The third-order valence-electron chi connectivity index (χ3n) is 20.1. The Kier molecular flexibility index (Phi) is 14.9. The highest BCUT2D eigenvalue weighted by Crippen LogP contribution is 2.48. The Balaban J connectivity index is 0.000000162. The van der Waals surface area contributed by atoms with Gasteiger partial charge in [0.15, 0.2) is 0 Å². The molecule has 8 amide bonds. The molecule has 0 bridgehead atoms. The van der Waals surface area contributed by atoms with Crippen LogP contribution < -0.4 is 48.0 Å². The zero-order valence-corrected chi connectivity index (χ0v) is 56.4. The lowest BCUT2D eigenvalue weighted by Gasteiger charge is -2.30. The van der Waals surface area contributed by atoms with Gasteiger partial charge in [0.2, 0.25) is 0 Å². The van der Waals surface area contributed by atoms with Crippen molar-refractivity contribution in [2.24, 2.45) is 0 Å². The number of hydrogen-bond acceptors (Lipinski definition) is 14. The second-order valence-corrected chi connectivity index (χ2v) is 25.1. The molecule has 0 saturated heterocycles. The largest absolute Gasteiger partial charge is 0.496 e. The van der Waals surface area contributed by atoms with E-state index in [4.69, 9.17) is 28.4 Å². The van der Waals surface area contributed by atoms with Gasteiger partial charge in [0.25, 0.3) is 47.3 Å². The van der Waals surface area contributed by atoms with Gasteiger partial charge in [-0.05, 0) is 177 Å². The first-order valence-electron chi connectivity index (χ1n) is 33.1. The van der Waals surface area contributed by atoms with E-state index in [2.05, 4.69) is 24.3 Å². The molecular formula is C86H56N4O14. The van der Waals surface area contributed by atoms with Crippen LogP contribution >= 0.6 is 0 Å². The molecule has 0 radical (unpaired) electrons. The van der Waals surface area contributed by atoms with Gasteiger partial charge in [-0.3, -0.25) is 38.4 Å². The van der Waals surface area contributed by atoms with E-state index in [1.54, 1.807) is 111 Å². The molecule has 18 rings (SSSR count). The first-order chi connectivity index (χ1) is 50.7. The molecule has 504 valence electrons. The Hall–Kier alpha value is -14.0. The van der Waals surface area contributed by atoms with E-state index in [-0.39, 0.29) is 35.0 Å². The molecule has 14 aromatic carbocycles. The van der Waals surface area contributed by atoms with Gasteiger partial charge in [0.05, 0.1) is 76.2 Å². The van der Waals surface area contributed by atoms with E-state index < -0.39 is 23.6 Å². The van der Waals surface area contributed by atoms with Crippen LogP contribution in [0.3, 0.4) is 0 Å². The number of imide groups is 4. The normalized spacial score (nSPS) is 13.8. The Morgan fingerprint density at radius 3 is 0.654 bits per heavy atom. The smallest absolute Gasteiger partial charge is 0.265 e. The van der Waals surface area contributed by atoms with Crippen LogP contribution in [0.2, 0.25) is 0 Å². The van der Waals surface area contributed by atoms with Gasteiger partial charge in [0, 0.05) is 76.8 Å². The summed E-state index contributed by atoms with van der Waals surface area (Å²) in [7, 11) is 9.18. The van der Waals surface area contributed by atoms with Crippen LogP contribution in [-0.4, -0.2) is 89.9 Å². The Labute approximate surface area is 592 Å². The van der Waals surface area contributed by atoms with E-state index in [0.717, 1.165) is 64.4 Å². The van der Waals surface area contributed by atoms with Crippen molar-refractivity contribution in [3.05, 3.63) is 275 Å². The van der Waals surface area contributed by atoms with Crippen molar-refractivity contribution in [3.63, 3.8) is 0 Å². The monoisotopic (exact) mass is 1370 g/mol. The highest BCUT2D eigenvalue weighted by molar-refractivity contribution is 6.40. The molecule has 0 aromatic heterocycles. The summed E-state index contributed by atoms with van der Waals surface area (Å²) < 4.78 is 33.0. The van der Waals surface area contributed by atoms with E-state index in [1.807, 2.05) is 84.9 Å². The Morgan fingerprint density at radius 1 is 0.192 bits per heavy atom. The number of fused-ring (bicyclic) bond motifs is 2. The molecule has 4 aliphatic heterocycles. The van der Waals surface area contributed by atoms with E-state index in [9.17, 15) is 38.4 Å². The summed E-state index contributed by atoms with van der Waals surface area (Å²) in [6, 6.07) is 68.7. The zero-order chi connectivity index (χ0) is 71.7. The third kappa shape index (κ3) is 9.27. The molecule has 18 nitrogen and oxygen atoms in total. The SMILES string of the molecule is COc1ccc2c3c(ccc(OC)c13)C(=O)N(c1ccc(N3C(=O)c4ccc(OC)c5c(OC)ccc(c45)C3=O)cc1)C2=O.COc1ccc2c3c(cccc13)C(=O)N(c1ccc(-c3c4ccccc4c(-c4ccc(N5C(=O)c6cccc7c(OC)ccc(c67)C5=O)cc4)c4ccccc34)cc1)C2=O.